The minimum atomic E-state index is 0.0565. The minimum Gasteiger partial charge on any atom is -0.352 e. The standard InChI is InChI=1S/C21H25ClN2O/c22-20-6-2-1-5-19(20)11-12-21(25)23-15-17-7-9-18(10-8-17)16-24-13-3-4-14-24/h1-2,5-10H,3-4,11-16H2,(H,23,25). The Labute approximate surface area is 155 Å². The Morgan fingerprint density at radius 1 is 1.00 bits per heavy atom. The largest absolute Gasteiger partial charge is 0.352 e. The molecule has 132 valence electrons. The number of carbonyl (C=O) groups is 1. The molecule has 0 saturated carbocycles. The quantitative estimate of drug-likeness (QED) is 0.807. The van der Waals surface area contributed by atoms with Crippen molar-refractivity contribution >= 4 is 17.5 Å². The summed E-state index contributed by atoms with van der Waals surface area (Å²) in [5.74, 6) is 0.0565. The Morgan fingerprint density at radius 3 is 2.40 bits per heavy atom. The highest BCUT2D eigenvalue weighted by atomic mass is 35.5. The van der Waals surface area contributed by atoms with E-state index in [0.29, 0.717) is 19.4 Å². The molecule has 0 bridgehead atoms. The first-order valence-electron chi connectivity index (χ1n) is 9.01. The van der Waals surface area contributed by atoms with Gasteiger partial charge >= 0.3 is 0 Å². The topological polar surface area (TPSA) is 32.3 Å². The molecule has 0 spiro atoms. The molecule has 0 aliphatic carbocycles. The van der Waals surface area contributed by atoms with Gasteiger partial charge in [-0.25, -0.2) is 0 Å². The van der Waals surface area contributed by atoms with Crippen LogP contribution in [0.3, 0.4) is 0 Å². The number of amides is 1. The van der Waals surface area contributed by atoms with Crippen LogP contribution < -0.4 is 5.32 Å². The zero-order valence-electron chi connectivity index (χ0n) is 14.5. The molecule has 1 N–H and O–H groups in total. The maximum absolute atomic E-state index is 12.0. The Hall–Kier alpha value is -1.84. The highest BCUT2D eigenvalue weighted by molar-refractivity contribution is 6.31. The van der Waals surface area contributed by atoms with Crippen LogP contribution in [0.5, 0.6) is 0 Å². The third-order valence-electron chi connectivity index (χ3n) is 4.70. The van der Waals surface area contributed by atoms with Crippen LogP contribution in [0.2, 0.25) is 5.02 Å². The lowest BCUT2D eigenvalue weighted by atomic mass is 10.1. The normalized spacial score (nSPS) is 14.6. The molecule has 3 nitrogen and oxygen atoms in total. The van der Waals surface area contributed by atoms with Gasteiger partial charge in [-0.1, -0.05) is 54.1 Å². The number of benzene rings is 2. The van der Waals surface area contributed by atoms with Crippen LogP contribution in [-0.4, -0.2) is 23.9 Å². The van der Waals surface area contributed by atoms with Gasteiger partial charge in [-0.2, -0.15) is 0 Å². The molecule has 0 radical (unpaired) electrons. The van der Waals surface area contributed by atoms with Crippen molar-refractivity contribution in [1.29, 1.82) is 0 Å². The van der Waals surface area contributed by atoms with Gasteiger partial charge in [-0.3, -0.25) is 9.69 Å². The molecule has 4 heteroatoms. The van der Waals surface area contributed by atoms with Gasteiger partial charge in [0.2, 0.25) is 5.91 Å². The second-order valence-corrected chi connectivity index (χ2v) is 7.08. The fourth-order valence-corrected chi connectivity index (χ4v) is 3.43. The molecule has 2 aromatic rings. The summed E-state index contributed by atoms with van der Waals surface area (Å²) >= 11 is 6.12. The van der Waals surface area contributed by atoms with Gasteiger partial charge in [0.25, 0.3) is 0 Å². The molecule has 0 unspecified atom stereocenters. The molecule has 0 aromatic heterocycles. The summed E-state index contributed by atoms with van der Waals surface area (Å²) < 4.78 is 0. The third kappa shape index (κ3) is 5.58. The Morgan fingerprint density at radius 2 is 1.68 bits per heavy atom. The van der Waals surface area contributed by atoms with Gasteiger partial charge in [0.1, 0.15) is 0 Å². The first-order chi connectivity index (χ1) is 12.2. The average molecular weight is 357 g/mol. The maximum atomic E-state index is 12.0. The van der Waals surface area contributed by atoms with Crippen molar-refractivity contribution < 1.29 is 4.79 Å². The summed E-state index contributed by atoms with van der Waals surface area (Å²) in [5.41, 5.74) is 3.50. The summed E-state index contributed by atoms with van der Waals surface area (Å²) in [7, 11) is 0. The fourth-order valence-electron chi connectivity index (χ4n) is 3.20. The van der Waals surface area contributed by atoms with E-state index in [9.17, 15) is 4.79 Å². The first kappa shape index (κ1) is 18.0. The predicted molar refractivity (Wildman–Crippen MR) is 103 cm³/mol. The van der Waals surface area contributed by atoms with Crippen molar-refractivity contribution in [3.63, 3.8) is 0 Å². The summed E-state index contributed by atoms with van der Waals surface area (Å²) in [6, 6.07) is 16.2. The third-order valence-corrected chi connectivity index (χ3v) is 5.07. The minimum absolute atomic E-state index is 0.0565. The Kier molecular flexibility index (Phi) is 6.48. The highest BCUT2D eigenvalue weighted by Gasteiger charge is 2.11. The SMILES string of the molecule is O=C(CCc1ccccc1Cl)NCc1ccc(CN2CCCC2)cc1. The number of nitrogens with one attached hydrogen (secondary N) is 1. The van der Waals surface area contributed by atoms with Crippen LogP contribution in [0.1, 0.15) is 36.0 Å². The van der Waals surface area contributed by atoms with Crippen molar-refractivity contribution in [1.82, 2.24) is 10.2 Å². The monoisotopic (exact) mass is 356 g/mol. The van der Waals surface area contributed by atoms with E-state index in [1.165, 1.54) is 31.5 Å². The lowest BCUT2D eigenvalue weighted by Crippen LogP contribution is -2.23. The first-order valence-corrected chi connectivity index (χ1v) is 9.39. The molecule has 1 aliphatic heterocycles. The molecule has 1 heterocycles. The lowest BCUT2D eigenvalue weighted by molar-refractivity contribution is -0.121. The van der Waals surface area contributed by atoms with E-state index >= 15 is 0 Å². The van der Waals surface area contributed by atoms with Gasteiger partial charge < -0.3 is 5.32 Å². The van der Waals surface area contributed by atoms with Gasteiger partial charge in [0.15, 0.2) is 0 Å². The highest BCUT2D eigenvalue weighted by Crippen LogP contribution is 2.16. The molecule has 25 heavy (non-hydrogen) atoms. The predicted octanol–water partition coefficient (Wildman–Crippen LogP) is 4.18. The molecule has 1 fully saturated rings. The number of halogens is 1. The molecule has 3 rings (SSSR count). The maximum Gasteiger partial charge on any atom is 0.220 e. The summed E-state index contributed by atoms with van der Waals surface area (Å²) in [6.45, 7) is 4.03. The van der Waals surface area contributed by atoms with Gasteiger partial charge in [-0.05, 0) is 55.1 Å². The second kappa shape index (κ2) is 9.02. The van der Waals surface area contributed by atoms with Crippen LogP contribution in [0.15, 0.2) is 48.5 Å². The summed E-state index contributed by atoms with van der Waals surface area (Å²) in [5, 5.41) is 3.71. The van der Waals surface area contributed by atoms with E-state index in [1.54, 1.807) is 0 Å². The van der Waals surface area contributed by atoms with Crippen molar-refractivity contribution in [2.45, 2.75) is 38.8 Å². The van der Waals surface area contributed by atoms with E-state index < -0.39 is 0 Å². The summed E-state index contributed by atoms with van der Waals surface area (Å²) in [6.07, 6.45) is 3.76. The molecule has 1 aliphatic rings. The van der Waals surface area contributed by atoms with Crippen molar-refractivity contribution in [2.24, 2.45) is 0 Å². The molecule has 1 saturated heterocycles. The zero-order chi connectivity index (χ0) is 17.5. The molecular formula is C21H25ClN2O. The van der Waals surface area contributed by atoms with Gasteiger partial charge in [0.05, 0.1) is 0 Å². The number of hydrogen-bond donors (Lipinski definition) is 1. The average Bonchev–Trinajstić information content (AvgIpc) is 3.13. The Bertz CT molecular complexity index is 693. The number of aryl methyl sites for hydroxylation is 1. The van der Waals surface area contributed by atoms with Crippen LogP contribution >= 0.6 is 11.6 Å². The van der Waals surface area contributed by atoms with E-state index in [-0.39, 0.29) is 5.91 Å². The summed E-state index contributed by atoms with van der Waals surface area (Å²) in [4.78, 5) is 14.5. The van der Waals surface area contributed by atoms with Crippen LogP contribution in [0, 0.1) is 0 Å². The number of hydrogen-bond acceptors (Lipinski definition) is 2. The van der Waals surface area contributed by atoms with Crippen LogP contribution in [-0.2, 0) is 24.3 Å². The second-order valence-electron chi connectivity index (χ2n) is 6.67. The fraction of sp³-hybridized carbons (Fsp3) is 0.381. The van der Waals surface area contributed by atoms with Crippen molar-refractivity contribution in [2.75, 3.05) is 13.1 Å². The molecule has 2 aromatic carbocycles. The van der Waals surface area contributed by atoms with E-state index in [1.807, 2.05) is 24.3 Å². The zero-order valence-corrected chi connectivity index (χ0v) is 15.3. The Balaban J connectivity index is 1.41. The molecule has 1 amide bonds. The lowest BCUT2D eigenvalue weighted by Gasteiger charge is -2.14. The van der Waals surface area contributed by atoms with E-state index in [2.05, 4.69) is 34.5 Å². The van der Waals surface area contributed by atoms with Gasteiger partial charge in [-0.15, -0.1) is 0 Å². The van der Waals surface area contributed by atoms with Gasteiger partial charge in [0, 0.05) is 24.5 Å². The molecule has 0 atom stereocenters. The van der Waals surface area contributed by atoms with Crippen LogP contribution in [0.25, 0.3) is 0 Å². The number of likely N-dealkylation sites (tertiary alicyclic amines) is 1. The smallest absolute Gasteiger partial charge is 0.220 e. The van der Waals surface area contributed by atoms with Crippen molar-refractivity contribution in [3.05, 3.63) is 70.2 Å². The van der Waals surface area contributed by atoms with Crippen LogP contribution in [0.4, 0.5) is 0 Å². The number of rotatable bonds is 7. The van der Waals surface area contributed by atoms with E-state index in [4.69, 9.17) is 11.6 Å². The number of carbonyl (C=O) groups excluding carboxylic acids is 1. The van der Waals surface area contributed by atoms with E-state index in [0.717, 1.165) is 22.7 Å². The van der Waals surface area contributed by atoms with Crippen molar-refractivity contribution in [3.8, 4) is 0 Å². The molecular weight excluding hydrogens is 332 g/mol. The number of nitrogens with zero attached hydrogens (tertiary/aromatic N) is 1.